The molecule has 0 saturated carbocycles. The first-order valence-corrected chi connectivity index (χ1v) is 6.98. The molecule has 1 heterocycles. The number of benzene rings is 2. The Bertz CT molecular complexity index is 866. The Labute approximate surface area is 129 Å². The zero-order valence-electron chi connectivity index (χ0n) is 10.8. The van der Waals surface area contributed by atoms with Crippen molar-refractivity contribution in [2.75, 3.05) is 5.32 Å². The van der Waals surface area contributed by atoms with Crippen LogP contribution < -0.4 is 5.32 Å². The molecule has 0 bridgehead atoms. The molecule has 1 N–H and O–H groups in total. The molecule has 3 aromatic rings. The van der Waals surface area contributed by atoms with Crippen molar-refractivity contribution in [3.8, 4) is 6.07 Å². The summed E-state index contributed by atoms with van der Waals surface area (Å²) in [5.74, 6) is -0.486. The molecule has 0 fully saturated rings. The van der Waals surface area contributed by atoms with Crippen molar-refractivity contribution >= 4 is 38.1 Å². The summed E-state index contributed by atoms with van der Waals surface area (Å²) in [7, 11) is 0. The number of pyridine rings is 1. The number of anilines is 2. The number of nitriles is 1. The molecule has 0 aliphatic heterocycles. The van der Waals surface area contributed by atoms with Crippen molar-refractivity contribution in [1.29, 1.82) is 5.26 Å². The second kappa shape index (κ2) is 5.51. The highest BCUT2D eigenvalue weighted by molar-refractivity contribution is 9.10. The first-order valence-electron chi connectivity index (χ1n) is 6.18. The lowest BCUT2D eigenvalue weighted by atomic mass is 10.1. The predicted molar refractivity (Wildman–Crippen MR) is 83.8 cm³/mol. The van der Waals surface area contributed by atoms with Gasteiger partial charge in [-0.05, 0) is 40.2 Å². The van der Waals surface area contributed by atoms with Crippen LogP contribution >= 0.6 is 15.9 Å². The van der Waals surface area contributed by atoms with E-state index in [9.17, 15) is 4.39 Å². The number of nitrogens with zero attached hydrogens (tertiary/aromatic N) is 2. The molecule has 0 radical (unpaired) electrons. The highest BCUT2D eigenvalue weighted by Gasteiger charge is 2.12. The van der Waals surface area contributed by atoms with E-state index in [1.807, 2.05) is 30.3 Å². The molecule has 102 valence electrons. The minimum Gasteiger partial charge on any atom is -0.353 e. The Balaban J connectivity index is 2.08. The molecule has 5 heteroatoms. The summed E-state index contributed by atoms with van der Waals surface area (Å²) in [6.45, 7) is 0. The summed E-state index contributed by atoms with van der Waals surface area (Å²) in [4.78, 5) is 4.07. The molecular weight excluding hydrogens is 333 g/mol. The van der Waals surface area contributed by atoms with E-state index in [1.165, 1.54) is 0 Å². The lowest BCUT2D eigenvalue weighted by Gasteiger charge is -2.11. The lowest BCUT2D eigenvalue weighted by molar-refractivity contribution is 0.624. The fourth-order valence-corrected chi connectivity index (χ4v) is 2.54. The smallest absolute Gasteiger partial charge is 0.162 e. The van der Waals surface area contributed by atoms with E-state index in [-0.39, 0.29) is 10.0 Å². The molecule has 2 aromatic carbocycles. The Kier molecular flexibility index (Phi) is 3.55. The maximum atomic E-state index is 14.3. The average molecular weight is 342 g/mol. The van der Waals surface area contributed by atoms with Gasteiger partial charge in [0.15, 0.2) is 5.82 Å². The van der Waals surface area contributed by atoms with Crippen LogP contribution in [0.2, 0.25) is 0 Å². The van der Waals surface area contributed by atoms with Crippen molar-refractivity contribution in [3.63, 3.8) is 0 Å². The third-order valence-electron chi connectivity index (χ3n) is 3.15. The SMILES string of the molecule is N#Cc1ccc(Nc2cccc3cnccc23)c(F)c1Br. The highest BCUT2D eigenvalue weighted by Crippen LogP contribution is 2.31. The summed E-state index contributed by atoms with van der Waals surface area (Å²) in [5.41, 5.74) is 1.36. The number of rotatable bonds is 2. The summed E-state index contributed by atoms with van der Waals surface area (Å²) < 4.78 is 14.4. The van der Waals surface area contributed by atoms with Crippen LogP contribution in [0.5, 0.6) is 0 Å². The number of hydrogen-bond donors (Lipinski definition) is 1. The average Bonchev–Trinajstić information content (AvgIpc) is 2.52. The van der Waals surface area contributed by atoms with Gasteiger partial charge in [0.1, 0.15) is 6.07 Å². The fourth-order valence-electron chi connectivity index (χ4n) is 2.11. The van der Waals surface area contributed by atoms with Crippen molar-refractivity contribution in [1.82, 2.24) is 4.98 Å². The molecule has 0 spiro atoms. The van der Waals surface area contributed by atoms with Crippen LogP contribution in [0, 0.1) is 17.1 Å². The van der Waals surface area contributed by atoms with Crippen molar-refractivity contribution in [2.45, 2.75) is 0 Å². The number of nitrogens with one attached hydrogen (secondary N) is 1. The largest absolute Gasteiger partial charge is 0.353 e. The van der Waals surface area contributed by atoms with Crippen LogP contribution in [0.15, 0.2) is 53.3 Å². The van der Waals surface area contributed by atoms with Crippen LogP contribution in [0.1, 0.15) is 5.56 Å². The van der Waals surface area contributed by atoms with Gasteiger partial charge in [-0.2, -0.15) is 5.26 Å². The number of aromatic nitrogens is 1. The molecule has 0 saturated heterocycles. The van der Waals surface area contributed by atoms with Gasteiger partial charge in [-0.15, -0.1) is 0 Å². The van der Waals surface area contributed by atoms with E-state index in [0.29, 0.717) is 5.69 Å². The van der Waals surface area contributed by atoms with Gasteiger partial charge < -0.3 is 5.32 Å². The summed E-state index contributed by atoms with van der Waals surface area (Å²) in [5, 5.41) is 13.9. The molecule has 21 heavy (non-hydrogen) atoms. The van der Waals surface area contributed by atoms with Crippen molar-refractivity contribution in [3.05, 3.63) is 64.6 Å². The fraction of sp³-hybridized carbons (Fsp3) is 0. The van der Waals surface area contributed by atoms with Gasteiger partial charge in [-0.3, -0.25) is 4.98 Å². The Morgan fingerprint density at radius 3 is 2.81 bits per heavy atom. The van der Waals surface area contributed by atoms with E-state index in [2.05, 4.69) is 26.2 Å². The zero-order chi connectivity index (χ0) is 14.8. The number of fused-ring (bicyclic) bond motifs is 1. The van der Waals surface area contributed by atoms with Crippen molar-refractivity contribution < 1.29 is 4.39 Å². The highest BCUT2D eigenvalue weighted by atomic mass is 79.9. The minimum absolute atomic E-state index is 0.164. The van der Waals surface area contributed by atoms with Gasteiger partial charge in [0.2, 0.25) is 0 Å². The third-order valence-corrected chi connectivity index (χ3v) is 3.93. The molecular formula is C16H9BrFN3. The number of halogens is 2. The monoisotopic (exact) mass is 341 g/mol. The molecule has 1 aromatic heterocycles. The lowest BCUT2D eigenvalue weighted by Crippen LogP contribution is -1.97. The summed E-state index contributed by atoms with van der Waals surface area (Å²) in [6, 6.07) is 12.6. The predicted octanol–water partition coefficient (Wildman–Crippen LogP) is 4.75. The Morgan fingerprint density at radius 2 is 2.00 bits per heavy atom. The van der Waals surface area contributed by atoms with Gasteiger partial charge in [0, 0.05) is 28.9 Å². The van der Waals surface area contributed by atoms with E-state index >= 15 is 0 Å². The van der Waals surface area contributed by atoms with Crippen LogP contribution in [0.25, 0.3) is 10.8 Å². The Morgan fingerprint density at radius 1 is 1.14 bits per heavy atom. The molecule has 0 amide bonds. The topological polar surface area (TPSA) is 48.7 Å². The van der Waals surface area contributed by atoms with Crippen molar-refractivity contribution in [2.24, 2.45) is 0 Å². The van der Waals surface area contributed by atoms with Crippen LogP contribution in [0.3, 0.4) is 0 Å². The minimum atomic E-state index is -0.486. The number of hydrogen-bond acceptors (Lipinski definition) is 3. The van der Waals surface area contributed by atoms with E-state index in [4.69, 9.17) is 5.26 Å². The first-order chi connectivity index (χ1) is 10.2. The second-order valence-electron chi connectivity index (χ2n) is 4.43. The van der Waals surface area contributed by atoms with Gasteiger partial charge in [-0.1, -0.05) is 12.1 Å². The standard InChI is InChI=1S/C16H9BrFN3/c17-15-10(8-19)4-5-14(16(15)18)21-13-3-1-2-11-9-20-7-6-12(11)13/h1-7,9,21H. The summed E-state index contributed by atoms with van der Waals surface area (Å²) in [6.07, 6.45) is 3.45. The quantitative estimate of drug-likeness (QED) is 0.731. The Hall–Kier alpha value is -2.45. The van der Waals surface area contributed by atoms with Crippen LogP contribution in [-0.2, 0) is 0 Å². The summed E-state index contributed by atoms with van der Waals surface area (Å²) >= 11 is 3.11. The zero-order valence-corrected chi connectivity index (χ0v) is 12.4. The second-order valence-corrected chi connectivity index (χ2v) is 5.22. The van der Waals surface area contributed by atoms with E-state index in [1.54, 1.807) is 24.5 Å². The maximum Gasteiger partial charge on any atom is 0.162 e. The van der Waals surface area contributed by atoms with Crippen LogP contribution in [0.4, 0.5) is 15.8 Å². The third kappa shape index (κ3) is 2.46. The van der Waals surface area contributed by atoms with Crippen LogP contribution in [-0.4, -0.2) is 4.98 Å². The molecule has 0 atom stereocenters. The van der Waals surface area contributed by atoms with Gasteiger partial charge >= 0.3 is 0 Å². The molecule has 0 aliphatic carbocycles. The molecule has 0 aliphatic rings. The van der Waals surface area contributed by atoms with Gasteiger partial charge in [-0.25, -0.2) is 4.39 Å². The van der Waals surface area contributed by atoms with E-state index in [0.717, 1.165) is 16.5 Å². The van der Waals surface area contributed by atoms with E-state index < -0.39 is 5.82 Å². The van der Waals surface area contributed by atoms with Gasteiger partial charge in [0.25, 0.3) is 0 Å². The maximum absolute atomic E-state index is 14.3. The normalized spacial score (nSPS) is 10.3. The first kappa shape index (κ1) is 13.5. The molecule has 0 unspecified atom stereocenters. The van der Waals surface area contributed by atoms with Gasteiger partial charge in [0.05, 0.1) is 15.7 Å². The molecule has 3 rings (SSSR count). The molecule has 3 nitrogen and oxygen atoms in total.